The van der Waals surface area contributed by atoms with Crippen LogP contribution >= 0.6 is 0 Å². The lowest BCUT2D eigenvalue weighted by molar-refractivity contribution is -0.137. The van der Waals surface area contributed by atoms with Crippen molar-refractivity contribution in [3.05, 3.63) is 89.1 Å². The number of oxazole rings is 1. The molecule has 218 valence electrons. The SMILES string of the molecule is CC(CCN)(CCN)CCC[C@H](N)C(=O)N[C@@H](Cc1ccc(C(F)(F)F)cc1)c1nc(Cc2ccccc2)co1. The third-order valence-corrected chi connectivity index (χ3v) is 7.26. The van der Waals surface area contributed by atoms with E-state index >= 15 is 0 Å². The number of rotatable bonds is 15. The summed E-state index contributed by atoms with van der Waals surface area (Å²) in [6.45, 7) is 3.28. The van der Waals surface area contributed by atoms with E-state index in [-0.39, 0.29) is 23.6 Å². The van der Waals surface area contributed by atoms with Crippen LogP contribution in [0, 0.1) is 5.41 Å². The van der Waals surface area contributed by atoms with Crippen molar-refractivity contribution in [2.24, 2.45) is 22.6 Å². The van der Waals surface area contributed by atoms with Gasteiger partial charge < -0.3 is 26.9 Å². The molecule has 0 unspecified atom stereocenters. The zero-order chi connectivity index (χ0) is 29.2. The maximum absolute atomic E-state index is 13.1. The van der Waals surface area contributed by atoms with Crippen molar-refractivity contribution in [2.75, 3.05) is 13.1 Å². The number of carbonyl (C=O) groups excluding carboxylic acids is 1. The van der Waals surface area contributed by atoms with Gasteiger partial charge in [0, 0.05) is 12.8 Å². The molecular weight excluding hydrogens is 519 g/mol. The molecule has 0 fully saturated rings. The number of carbonyl (C=O) groups is 1. The van der Waals surface area contributed by atoms with Crippen LogP contribution in [-0.4, -0.2) is 30.0 Å². The van der Waals surface area contributed by atoms with Gasteiger partial charge in [-0.25, -0.2) is 4.98 Å². The largest absolute Gasteiger partial charge is 0.446 e. The van der Waals surface area contributed by atoms with Crippen molar-refractivity contribution in [3.63, 3.8) is 0 Å². The van der Waals surface area contributed by atoms with Crippen LogP contribution in [0.15, 0.2) is 65.3 Å². The van der Waals surface area contributed by atoms with E-state index in [0.29, 0.717) is 37.2 Å². The molecule has 7 N–H and O–H groups in total. The van der Waals surface area contributed by atoms with E-state index in [1.54, 1.807) is 0 Å². The monoisotopic (exact) mass is 559 g/mol. The van der Waals surface area contributed by atoms with Crippen LogP contribution in [0.5, 0.6) is 0 Å². The summed E-state index contributed by atoms with van der Waals surface area (Å²) in [7, 11) is 0. The number of aromatic nitrogens is 1. The van der Waals surface area contributed by atoms with Crippen LogP contribution in [0.2, 0.25) is 0 Å². The van der Waals surface area contributed by atoms with Crippen LogP contribution in [0.3, 0.4) is 0 Å². The Balaban J connectivity index is 1.71. The highest BCUT2D eigenvalue weighted by atomic mass is 19.4. The predicted octanol–water partition coefficient (Wildman–Crippen LogP) is 4.89. The highest BCUT2D eigenvalue weighted by Gasteiger charge is 2.30. The summed E-state index contributed by atoms with van der Waals surface area (Å²) >= 11 is 0. The van der Waals surface area contributed by atoms with Gasteiger partial charge in [0.05, 0.1) is 17.3 Å². The molecule has 0 spiro atoms. The van der Waals surface area contributed by atoms with Crippen LogP contribution < -0.4 is 22.5 Å². The number of benzene rings is 2. The Morgan fingerprint density at radius 1 is 0.975 bits per heavy atom. The maximum atomic E-state index is 13.1. The second kappa shape index (κ2) is 14.4. The molecule has 0 radical (unpaired) electrons. The second-order valence-corrected chi connectivity index (χ2v) is 10.7. The van der Waals surface area contributed by atoms with Gasteiger partial charge in [-0.2, -0.15) is 13.2 Å². The molecule has 0 aliphatic rings. The minimum atomic E-state index is -4.43. The fraction of sp³-hybridized carbons (Fsp3) is 0.467. The van der Waals surface area contributed by atoms with Gasteiger partial charge in [0.25, 0.3) is 0 Å². The number of hydrogen-bond donors (Lipinski definition) is 4. The van der Waals surface area contributed by atoms with E-state index < -0.39 is 23.8 Å². The Bertz CT molecular complexity index is 1180. The number of nitrogens with two attached hydrogens (primary N) is 3. The summed E-state index contributed by atoms with van der Waals surface area (Å²) in [6.07, 6.45) is 1.56. The molecule has 0 saturated heterocycles. The van der Waals surface area contributed by atoms with E-state index in [1.165, 1.54) is 18.4 Å². The van der Waals surface area contributed by atoms with Gasteiger partial charge in [0.2, 0.25) is 11.8 Å². The van der Waals surface area contributed by atoms with Gasteiger partial charge in [-0.05, 0) is 67.4 Å². The smallest absolute Gasteiger partial charge is 0.416 e. The number of hydrogen-bond acceptors (Lipinski definition) is 6. The summed E-state index contributed by atoms with van der Waals surface area (Å²) in [5.41, 5.74) is 19.4. The van der Waals surface area contributed by atoms with E-state index in [9.17, 15) is 18.0 Å². The molecule has 3 aromatic rings. The van der Waals surface area contributed by atoms with Crippen molar-refractivity contribution in [1.82, 2.24) is 10.3 Å². The van der Waals surface area contributed by atoms with Crippen molar-refractivity contribution < 1.29 is 22.4 Å². The molecule has 1 aromatic heterocycles. The second-order valence-electron chi connectivity index (χ2n) is 10.7. The molecule has 2 atom stereocenters. The quantitative estimate of drug-likeness (QED) is 0.210. The van der Waals surface area contributed by atoms with Gasteiger partial charge in [-0.1, -0.05) is 55.8 Å². The molecule has 10 heteroatoms. The van der Waals surface area contributed by atoms with E-state index in [2.05, 4.69) is 17.2 Å². The first kappa shape index (κ1) is 31.3. The third-order valence-electron chi connectivity index (χ3n) is 7.26. The van der Waals surface area contributed by atoms with Crippen molar-refractivity contribution in [2.45, 2.75) is 70.1 Å². The molecule has 2 aromatic carbocycles. The first-order chi connectivity index (χ1) is 19.0. The Kier molecular flexibility index (Phi) is 11.3. The minimum absolute atomic E-state index is 0.00193. The third kappa shape index (κ3) is 9.46. The average Bonchev–Trinajstić information content (AvgIpc) is 3.37. The van der Waals surface area contributed by atoms with Crippen LogP contribution in [0.25, 0.3) is 0 Å². The number of halogens is 3. The van der Waals surface area contributed by atoms with Gasteiger partial charge in [0.15, 0.2) is 0 Å². The number of nitrogens with one attached hydrogen (secondary N) is 1. The fourth-order valence-corrected chi connectivity index (χ4v) is 4.87. The predicted molar refractivity (Wildman–Crippen MR) is 149 cm³/mol. The molecule has 0 bridgehead atoms. The highest BCUT2D eigenvalue weighted by Crippen LogP contribution is 2.32. The van der Waals surface area contributed by atoms with Crippen LogP contribution in [0.1, 0.15) is 73.3 Å². The number of nitrogens with zero attached hydrogens (tertiary/aromatic N) is 1. The van der Waals surface area contributed by atoms with Gasteiger partial charge >= 0.3 is 6.18 Å². The standard InChI is InChI=1S/C30H40F3N5O2/c1-29(14-16-34,15-17-35)13-5-8-25(36)27(39)38-26(19-22-9-11-23(12-10-22)30(31,32)33)28-37-24(20-40-28)18-21-6-3-2-4-7-21/h2-4,6-7,9-12,20,25-26H,5,8,13-19,34-36H2,1H3,(H,38,39)/t25-,26-/m0/s1. The Labute approximate surface area is 233 Å². The lowest BCUT2D eigenvalue weighted by Gasteiger charge is -2.29. The van der Waals surface area contributed by atoms with Gasteiger partial charge in [0.1, 0.15) is 12.3 Å². The summed E-state index contributed by atoms with van der Waals surface area (Å²) in [5, 5.41) is 2.92. The van der Waals surface area contributed by atoms with E-state index in [1.807, 2.05) is 30.3 Å². The van der Waals surface area contributed by atoms with Crippen LogP contribution in [-0.2, 0) is 23.8 Å². The zero-order valence-corrected chi connectivity index (χ0v) is 22.9. The zero-order valence-electron chi connectivity index (χ0n) is 22.9. The normalized spacial score (nSPS) is 13.7. The van der Waals surface area contributed by atoms with E-state index in [4.69, 9.17) is 21.6 Å². The molecular formula is C30H40F3N5O2. The minimum Gasteiger partial charge on any atom is -0.446 e. The molecule has 40 heavy (non-hydrogen) atoms. The van der Waals surface area contributed by atoms with E-state index in [0.717, 1.165) is 43.4 Å². The molecule has 0 aliphatic carbocycles. The molecule has 1 heterocycles. The Hall–Kier alpha value is -3.21. The maximum Gasteiger partial charge on any atom is 0.416 e. The molecule has 7 nitrogen and oxygen atoms in total. The molecule has 1 amide bonds. The summed E-state index contributed by atoms with van der Waals surface area (Å²) in [5.74, 6) is -0.107. The Morgan fingerprint density at radius 3 is 2.23 bits per heavy atom. The number of alkyl halides is 3. The molecule has 0 saturated carbocycles. The van der Waals surface area contributed by atoms with Crippen molar-refractivity contribution in [3.8, 4) is 0 Å². The first-order valence-electron chi connectivity index (χ1n) is 13.6. The lowest BCUT2D eigenvalue weighted by atomic mass is 9.78. The van der Waals surface area contributed by atoms with Crippen molar-refractivity contribution >= 4 is 5.91 Å². The average molecular weight is 560 g/mol. The topological polar surface area (TPSA) is 133 Å². The fourth-order valence-electron chi connectivity index (χ4n) is 4.87. The number of amides is 1. The molecule has 3 rings (SSSR count). The van der Waals surface area contributed by atoms with Crippen molar-refractivity contribution in [1.29, 1.82) is 0 Å². The summed E-state index contributed by atoms with van der Waals surface area (Å²) < 4.78 is 44.9. The van der Waals surface area contributed by atoms with Gasteiger partial charge in [-0.3, -0.25) is 4.79 Å². The Morgan fingerprint density at radius 2 is 1.62 bits per heavy atom. The molecule has 0 aliphatic heterocycles. The highest BCUT2D eigenvalue weighted by molar-refractivity contribution is 5.81. The lowest BCUT2D eigenvalue weighted by Crippen LogP contribution is -2.43. The summed E-state index contributed by atoms with van der Waals surface area (Å²) in [4.78, 5) is 17.7. The van der Waals surface area contributed by atoms with Gasteiger partial charge in [-0.15, -0.1) is 0 Å². The van der Waals surface area contributed by atoms with Crippen LogP contribution in [0.4, 0.5) is 13.2 Å². The first-order valence-corrected chi connectivity index (χ1v) is 13.6. The summed E-state index contributed by atoms with van der Waals surface area (Å²) in [6, 6.07) is 13.1.